The van der Waals surface area contributed by atoms with Gasteiger partial charge in [-0.2, -0.15) is 0 Å². The number of hydrogen-bond donors (Lipinski definition) is 2. The SMILES string of the molecule is CCOc1ccc(N(CC(=O)Nc2ccccc2C(=O)N[C@H](C)CC)S(=O)(=O)c2ccc(C)cc2)cc1. The molecule has 196 valence electrons. The van der Waals surface area contributed by atoms with E-state index in [0.29, 0.717) is 29.3 Å². The second-order valence-electron chi connectivity index (χ2n) is 8.63. The molecule has 2 amide bonds. The molecule has 0 saturated carbocycles. The number of carbonyl (C=O) groups excluding carboxylic acids is 2. The third-order valence-corrected chi connectivity index (χ3v) is 7.56. The molecule has 2 N–H and O–H groups in total. The van der Waals surface area contributed by atoms with Gasteiger partial charge in [0.05, 0.1) is 28.4 Å². The fraction of sp³-hybridized carbons (Fsp3) is 0.286. The number of amides is 2. The molecule has 37 heavy (non-hydrogen) atoms. The minimum atomic E-state index is -4.08. The average Bonchev–Trinajstić information content (AvgIpc) is 2.88. The molecule has 0 saturated heterocycles. The van der Waals surface area contributed by atoms with Crippen molar-refractivity contribution in [3.63, 3.8) is 0 Å². The van der Waals surface area contributed by atoms with Crippen molar-refractivity contribution >= 4 is 33.2 Å². The molecular weight excluding hydrogens is 490 g/mol. The molecule has 0 aliphatic rings. The number of aryl methyl sites for hydroxylation is 1. The van der Waals surface area contributed by atoms with Crippen molar-refractivity contribution in [1.29, 1.82) is 0 Å². The second kappa shape index (κ2) is 12.4. The standard InChI is InChI=1S/C28H33N3O5S/c1-5-21(4)29-28(33)25-9-7-8-10-26(25)30-27(32)19-31(22-13-15-23(16-14-22)36-6-2)37(34,35)24-17-11-20(3)12-18-24/h7-18,21H,5-6,19H2,1-4H3,(H,29,33)(H,30,32)/t21-/m1/s1. The molecule has 0 aliphatic carbocycles. The Morgan fingerprint density at radius 2 is 1.59 bits per heavy atom. The molecule has 3 aromatic carbocycles. The Balaban J connectivity index is 1.91. The van der Waals surface area contributed by atoms with E-state index in [0.717, 1.165) is 16.3 Å². The van der Waals surface area contributed by atoms with Crippen LogP contribution >= 0.6 is 0 Å². The van der Waals surface area contributed by atoms with Crippen molar-refractivity contribution in [3.8, 4) is 5.75 Å². The lowest BCUT2D eigenvalue weighted by atomic mass is 10.1. The van der Waals surface area contributed by atoms with Crippen LogP contribution in [0.15, 0.2) is 77.7 Å². The molecule has 9 heteroatoms. The van der Waals surface area contributed by atoms with Crippen LogP contribution in [-0.2, 0) is 14.8 Å². The van der Waals surface area contributed by atoms with Gasteiger partial charge in [-0.1, -0.05) is 36.8 Å². The number of ether oxygens (including phenoxy) is 1. The number of benzene rings is 3. The van der Waals surface area contributed by atoms with Gasteiger partial charge in [0.25, 0.3) is 15.9 Å². The highest BCUT2D eigenvalue weighted by molar-refractivity contribution is 7.92. The van der Waals surface area contributed by atoms with Crippen LogP contribution in [0, 0.1) is 6.92 Å². The summed E-state index contributed by atoms with van der Waals surface area (Å²) in [6.45, 7) is 7.55. The van der Waals surface area contributed by atoms with Crippen LogP contribution in [0.3, 0.4) is 0 Å². The van der Waals surface area contributed by atoms with E-state index in [4.69, 9.17) is 4.74 Å². The third kappa shape index (κ3) is 7.10. The molecular formula is C28H33N3O5S. The summed E-state index contributed by atoms with van der Waals surface area (Å²) in [5.41, 5.74) is 1.82. The Labute approximate surface area is 218 Å². The average molecular weight is 524 g/mol. The number of nitrogens with zero attached hydrogens (tertiary/aromatic N) is 1. The Hall–Kier alpha value is -3.85. The molecule has 0 aliphatic heterocycles. The molecule has 0 heterocycles. The highest BCUT2D eigenvalue weighted by Gasteiger charge is 2.28. The smallest absolute Gasteiger partial charge is 0.264 e. The van der Waals surface area contributed by atoms with Crippen LogP contribution in [0.4, 0.5) is 11.4 Å². The van der Waals surface area contributed by atoms with Crippen molar-refractivity contribution in [3.05, 3.63) is 83.9 Å². The van der Waals surface area contributed by atoms with Crippen LogP contribution in [0.5, 0.6) is 5.75 Å². The van der Waals surface area contributed by atoms with Crippen LogP contribution in [-0.4, -0.2) is 39.4 Å². The third-order valence-electron chi connectivity index (χ3n) is 5.77. The normalized spacial score (nSPS) is 11.9. The van der Waals surface area contributed by atoms with Gasteiger partial charge in [-0.05, 0) is 75.7 Å². The van der Waals surface area contributed by atoms with Crippen LogP contribution in [0.25, 0.3) is 0 Å². The number of rotatable bonds is 11. The molecule has 3 aromatic rings. The van der Waals surface area contributed by atoms with Crippen molar-refractivity contribution in [2.45, 2.75) is 45.1 Å². The Morgan fingerprint density at radius 1 is 0.946 bits per heavy atom. The fourth-order valence-corrected chi connectivity index (χ4v) is 4.96. The van der Waals surface area contributed by atoms with E-state index in [2.05, 4.69) is 10.6 Å². The zero-order valence-corrected chi connectivity index (χ0v) is 22.3. The highest BCUT2D eigenvalue weighted by Crippen LogP contribution is 2.26. The van der Waals surface area contributed by atoms with Gasteiger partial charge in [-0.3, -0.25) is 13.9 Å². The number of sulfonamides is 1. The van der Waals surface area contributed by atoms with E-state index in [9.17, 15) is 18.0 Å². The summed E-state index contributed by atoms with van der Waals surface area (Å²) in [5, 5.41) is 5.60. The number of nitrogens with one attached hydrogen (secondary N) is 2. The largest absolute Gasteiger partial charge is 0.494 e. The lowest BCUT2D eigenvalue weighted by molar-refractivity contribution is -0.114. The van der Waals surface area contributed by atoms with Crippen LogP contribution < -0.4 is 19.7 Å². The summed E-state index contributed by atoms with van der Waals surface area (Å²) in [6.07, 6.45) is 0.758. The van der Waals surface area contributed by atoms with E-state index in [1.54, 1.807) is 60.7 Å². The first-order valence-electron chi connectivity index (χ1n) is 12.2. The minimum Gasteiger partial charge on any atom is -0.494 e. The molecule has 0 unspecified atom stereocenters. The van der Waals surface area contributed by atoms with Crippen LogP contribution in [0.1, 0.15) is 43.1 Å². The summed E-state index contributed by atoms with van der Waals surface area (Å²) in [5.74, 6) is -0.320. The molecule has 0 fully saturated rings. The first-order chi connectivity index (χ1) is 17.6. The molecule has 3 rings (SSSR count). The van der Waals surface area contributed by atoms with Gasteiger partial charge in [-0.25, -0.2) is 8.42 Å². The van der Waals surface area contributed by atoms with E-state index < -0.39 is 22.5 Å². The van der Waals surface area contributed by atoms with E-state index in [1.807, 2.05) is 27.7 Å². The predicted octanol–water partition coefficient (Wildman–Crippen LogP) is 4.76. The van der Waals surface area contributed by atoms with Gasteiger partial charge < -0.3 is 15.4 Å². The Kier molecular flexibility index (Phi) is 9.30. The summed E-state index contributed by atoms with van der Waals surface area (Å²) in [6, 6.07) is 19.5. The number of carbonyl (C=O) groups is 2. The lowest BCUT2D eigenvalue weighted by Gasteiger charge is -2.24. The summed E-state index contributed by atoms with van der Waals surface area (Å²) in [4.78, 5) is 26.0. The second-order valence-corrected chi connectivity index (χ2v) is 10.5. The van der Waals surface area contributed by atoms with Gasteiger partial charge >= 0.3 is 0 Å². The number of para-hydroxylation sites is 1. The van der Waals surface area contributed by atoms with Gasteiger partial charge in [0.1, 0.15) is 12.3 Å². The Bertz CT molecular complexity index is 1320. The molecule has 1 atom stereocenters. The zero-order valence-electron chi connectivity index (χ0n) is 21.5. The summed E-state index contributed by atoms with van der Waals surface area (Å²) >= 11 is 0. The molecule has 0 spiro atoms. The monoisotopic (exact) mass is 523 g/mol. The first kappa shape index (κ1) is 27.7. The summed E-state index contributed by atoms with van der Waals surface area (Å²) < 4.78 is 33.8. The van der Waals surface area contributed by atoms with Crippen molar-refractivity contribution in [1.82, 2.24) is 5.32 Å². The van der Waals surface area contributed by atoms with E-state index in [-0.39, 0.29) is 16.8 Å². The van der Waals surface area contributed by atoms with Crippen molar-refractivity contribution in [2.75, 3.05) is 22.8 Å². The number of hydrogen-bond acceptors (Lipinski definition) is 5. The minimum absolute atomic E-state index is 0.0361. The quantitative estimate of drug-likeness (QED) is 0.377. The fourth-order valence-electron chi connectivity index (χ4n) is 3.54. The maximum absolute atomic E-state index is 13.6. The molecule has 0 radical (unpaired) electrons. The zero-order chi connectivity index (χ0) is 27.0. The van der Waals surface area contributed by atoms with E-state index >= 15 is 0 Å². The first-order valence-corrected chi connectivity index (χ1v) is 13.6. The van der Waals surface area contributed by atoms with Crippen molar-refractivity contribution in [2.24, 2.45) is 0 Å². The molecule has 0 aromatic heterocycles. The Morgan fingerprint density at radius 3 is 2.22 bits per heavy atom. The van der Waals surface area contributed by atoms with Crippen molar-refractivity contribution < 1.29 is 22.7 Å². The van der Waals surface area contributed by atoms with E-state index in [1.165, 1.54) is 12.1 Å². The number of anilines is 2. The lowest BCUT2D eigenvalue weighted by Crippen LogP contribution is -2.38. The van der Waals surface area contributed by atoms with Gasteiger partial charge in [0, 0.05) is 6.04 Å². The highest BCUT2D eigenvalue weighted by atomic mass is 32.2. The molecule has 8 nitrogen and oxygen atoms in total. The maximum atomic E-state index is 13.6. The summed E-state index contributed by atoms with van der Waals surface area (Å²) in [7, 11) is -4.08. The van der Waals surface area contributed by atoms with Gasteiger partial charge in [0.2, 0.25) is 5.91 Å². The molecule has 0 bridgehead atoms. The van der Waals surface area contributed by atoms with Gasteiger partial charge in [0.15, 0.2) is 0 Å². The maximum Gasteiger partial charge on any atom is 0.264 e. The van der Waals surface area contributed by atoms with Gasteiger partial charge in [-0.15, -0.1) is 0 Å². The van der Waals surface area contributed by atoms with Crippen LogP contribution in [0.2, 0.25) is 0 Å². The topological polar surface area (TPSA) is 105 Å². The predicted molar refractivity (Wildman–Crippen MR) is 146 cm³/mol.